The Labute approximate surface area is 475 Å². The fourth-order valence-corrected chi connectivity index (χ4v) is 10.6. The number of urea groups is 2. The predicted molar refractivity (Wildman–Crippen MR) is 288 cm³/mol. The maximum Gasteiger partial charge on any atom is 0.519 e. The zero-order chi connectivity index (χ0) is 59.4. The van der Waals surface area contributed by atoms with Crippen LogP contribution in [0.15, 0.2) is 81.7 Å². The van der Waals surface area contributed by atoms with Gasteiger partial charge in [0.25, 0.3) is 0 Å². The van der Waals surface area contributed by atoms with Gasteiger partial charge in [0.1, 0.15) is 62.9 Å². The van der Waals surface area contributed by atoms with Crippen LogP contribution in [-0.4, -0.2) is 125 Å². The Hall–Kier alpha value is -6.15. The van der Waals surface area contributed by atoms with Crippen molar-refractivity contribution in [2.45, 2.75) is 90.3 Å². The molecule has 4 unspecified atom stereocenters. The number of rotatable bonds is 4. The number of anilines is 2. The molecule has 4 aromatic rings. The summed E-state index contributed by atoms with van der Waals surface area (Å²) in [6.45, 7) is 16.3. The maximum absolute atomic E-state index is 15.0. The first-order chi connectivity index (χ1) is 37.0. The third kappa shape index (κ3) is 16.3. The molecule has 17 nitrogen and oxygen atoms in total. The number of hydrogen-bond acceptors (Lipinski definition) is 12. The summed E-state index contributed by atoms with van der Waals surface area (Å²) in [5, 5.41) is 31.6. The van der Waals surface area contributed by atoms with E-state index in [-0.39, 0.29) is 61.8 Å². The molecule has 4 aliphatic rings. The number of nitrogens with one attached hydrogen (secondary N) is 3. The van der Waals surface area contributed by atoms with Gasteiger partial charge in [-0.1, -0.05) is 44.0 Å². The Morgan fingerprint density at radius 3 is 1.18 bits per heavy atom. The SMILES string of the molecule is CC(C)(C)OC(=O)N1CC2CN(C(=O)Nc3cc(F)cc(F)c3)CC(C1)C2(O)c1ccc(Br)cc1F.CC(C)(C)OC(=O)OC(=O)OC(C)(C)C.O=C(Nc1cc(F)cc(F)c1)N1CC2CNCC(C1)C2(O)c1ccc(Br)cc1F. The van der Waals surface area contributed by atoms with Crippen LogP contribution in [0.2, 0.25) is 0 Å². The van der Waals surface area contributed by atoms with Crippen molar-refractivity contribution in [3.63, 3.8) is 0 Å². The van der Waals surface area contributed by atoms with Gasteiger partial charge in [0.15, 0.2) is 0 Å². The van der Waals surface area contributed by atoms with E-state index in [4.69, 9.17) is 14.2 Å². The lowest BCUT2D eigenvalue weighted by molar-refractivity contribution is -0.155. The molecule has 4 bridgehead atoms. The summed E-state index contributed by atoms with van der Waals surface area (Å²) < 4.78 is 104. The molecule has 436 valence electrons. The van der Waals surface area contributed by atoms with Crippen molar-refractivity contribution in [3.05, 3.63) is 128 Å². The first-order valence-electron chi connectivity index (χ1n) is 25.2. The van der Waals surface area contributed by atoms with Gasteiger partial charge in [-0.15, -0.1) is 0 Å². The van der Waals surface area contributed by atoms with Gasteiger partial charge in [-0.2, -0.15) is 0 Å². The largest absolute Gasteiger partial charge is 0.519 e. The second kappa shape index (κ2) is 24.9. The van der Waals surface area contributed by atoms with Crippen molar-refractivity contribution >= 4 is 73.7 Å². The Kier molecular flexibility index (Phi) is 19.6. The maximum atomic E-state index is 15.0. The van der Waals surface area contributed by atoms with Crippen molar-refractivity contribution in [1.29, 1.82) is 0 Å². The number of nitrogens with zero attached hydrogens (tertiary/aromatic N) is 3. The van der Waals surface area contributed by atoms with Crippen LogP contribution in [-0.2, 0) is 30.1 Å². The zero-order valence-electron chi connectivity index (χ0n) is 45.3. The number of hydrogen-bond donors (Lipinski definition) is 5. The molecule has 4 heterocycles. The Balaban J connectivity index is 0.000000210. The molecule has 0 saturated carbocycles. The van der Waals surface area contributed by atoms with E-state index in [0.29, 0.717) is 28.1 Å². The van der Waals surface area contributed by atoms with Crippen LogP contribution in [0.4, 0.5) is 61.7 Å². The minimum atomic E-state index is -1.66. The lowest BCUT2D eigenvalue weighted by Crippen LogP contribution is -2.67. The Morgan fingerprint density at radius 2 is 0.838 bits per heavy atom. The first kappa shape index (κ1) is 63.0. The number of aliphatic hydroxyl groups is 2. The van der Waals surface area contributed by atoms with Gasteiger partial charge >= 0.3 is 30.5 Å². The summed E-state index contributed by atoms with van der Waals surface area (Å²) in [5.41, 5.74) is -4.96. The van der Waals surface area contributed by atoms with Crippen LogP contribution in [0.1, 0.15) is 73.4 Å². The Morgan fingerprint density at radius 1 is 0.512 bits per heavy atom. The van der Waals surface area contributed by atoms with Crippen LogP contribution < -0.4 is 16.0 Å². The van der Waals surface area contributed by atoms with Crippen molar-refractivity contribution in [1.82, 2.24) is 20.0 Å². The van der Waals surface area contributed by atoms with Crippen molar-refractivity contribution < 1.29 is 79.5 Å². The summed E-state index contributed by atoms with van der Waals surface area (Å²) in [6, 6.07) is 13.2. The van der Waals surface area contributed by atoms with Crippen LogP contribution in [0.3, 0.4) is 0 Å². The number of ether oxygens (including phenoxy) is 4. The fourth-order valence-electron chi connectivity index (χ4n) is 9.89. The summed E-state index contributed by atoms with van der Waals surface area (Å²) in [5.74, 6) is -6.79. The average molecular weight is 1260 g/mol. The standard InChI is InChI=1S/C25H27BrF3N3O4.C20H19BrF3N3O2.C10H18O5/c1-24(2,3)36-23(34)32-12-14-10-31(22(33)30-19-8-17(27)7-18(28)9-19)11-15(13-32)25(14,35)20-5-4-16(26)6-21(20)29;21-13-1-2-17(18(24)3-13)20(29)11-7-25-8-12(20)10-27(9-11)19(28)26-16-5-14(22)4-15(23)6-16;1-9(2,3)14-7(11)13-8(12)15-10(4,5)6/h4-9,14-15,35H,10-13H2,1-3H3,(H,30,33);1-6,11-12,25,29H,7-10H2,(H,26,28);1-6H3. The normalized spacial score (nSPS) is 22.5. The molecule has 0 radical (unpaired) electrons. The molecule has 80 heavy (non-hydrogen) atoms. The molecular formula is C55H64Br2F6N6O11. The number of fused-ring (bicyclic) bond motifs is 4. The van der Waals surface area contributed by atoms with Gasteiger partial charge in [-0.25, -0.2) is 50.3 Å². The monoisotopic (exact) mass is 1260 g/mol. The molecule has 4 atom stereocenters. The highest BCUT2D eigenvalue weighted by atomic mass is 79.9. The highest BCUT2D eigenvalue weighted by Gasteiger charge is 2.57. The van der Waals surface area contributed by atoms with Crippen LogP contribution in [0.25, 0.3) is 0 Å². The molecule has 8 rings (SSSR count). The predicted octanol–water partition coefficient (Wildman–Crippen LogP) is 11.4. The quantitative estimate of drug-likeness (QED) is 0.0560. The van der Waals surface area contributed by atoms with E-state index in [2.05, 4.69) is 52.5 Å². The molecule has 25 heteroatoms. The third-order valence-corrected chi connectivity index (χ3v) is 14.0. The number of carbonyl (C=O) groups excluding carboxylic acids is 5. The molecule has 4 aliphatic heterocycles. The molecule has 4 fully saturated rings. The molecule has 0 aromatic heterocycles. The van der Waals surface area contributed by atoms with Gasteiger partial charge in [-0.05, 0) is 111 Å². The van der Waals surface area contributed by atoms with E-state index < -0.39 is 117 Å². The smallest absolute Gasteiger partial charge is 0.444 e. The Bertz CT molecular complexity index is 2860. The fraction of sp³-hybridized carbons (Fsp3) is 0.473. The van der Waals surface area contributed by atoms with E-state index >= 15 is 4.39 Å². The van der Waals surface area contributed by atoms with Crippen LogP contribution in [0, 0.1) is 58.6 Å². The van der Waals surface area contributed by atoms with E-state index in [1.165, 1.54) is 32.9 Å². The summed E-state index contributed by atoms with van der Waals surface area (Å²) in [7, 11) is 0. The number of halogens is 8. The van der Waals surface area contributed by atoms with E-state index in [9.17, 15) is 56.1 Å². The van der Waals surface area contributed by atoms with E-state index in [0.717, 1.165) is 30.3 Å². The topological polar surface area (TPSA) is 209 Å². The number of likely N-dealkylation sites (tertiary alicyclic amines) is 3. The highest BCUT2D eigenvalue weighted by molar-refractivity contribution is 9.10. The molecule has 4 aromatic carbocycles. The summed E-state index contributed by atoms with van der Waals surface area (Å²) in [4.78, 5) is 64.8. The molecule has 0 aliphatic carbocycles. The first-order valence-corrected chi connectivity index (χ1v) is 26.8. The lowest BCUT2D eigenvalue weighted by atomic mass is 9.66. The van der Waals surface area contributed by atoms with Gasteiger partial charge in [0.2, 0.25) is 0 Å². The second-order valence-corrected chi connectivity index (χ2v) is 24.6. The van der Waals surface area contributed by atoms with Crippen LogP contribution >= 0.6 is 31.9 Å². The van der Waals surface area contributed by atoms with Crippen molar-refractivity contribution in [3.8, 4) is 0 Å². The number of benzene rings is 4. The minimum Gasteiger partial charge on any atom is -0.444 e. The van der Waals surface area contributed by atoms with Gasteiger partial charge < -0.3 is 59.8 Å². The molecule has 0 spiro atoms. The molecule has 5 amide bonds. The highest BCUT2D eigenvalue weighted by Crippen LogP contribution is 2.48. The molecule has 5 N–H and O–H groups in total. The van der Waals surface area contributed by atoms with Gasteiger partial charge in [0, 0.05) is 120 Å². The number of piperidine rings is 4. The zero-order valence-corrected chi connectivity index (χ0v) is 48.5. The van der Waals surface area contributed by atoms with E-state index in [1.54, 1.807) is 80.5 Å². The minimum absolute atomic E-state index is 0.00971. The second-order valence-electron chi connectivity index (χ2n) is 22.7. The third-order valence-electron chi connectivity index (χ3n) is 13.0. The number of amides is 5. The van der Waals surface area contributed by atoms with Gasteiger partial charge in [-0.3, -0.25) is 0 Å². The van der Waals surface area contributed by atoms with Gasteiger partial charge in [0.05, 0.1) is 0 Å². The van der Waals surface area contributed by atoms with Crippen molar-refractivity contribution in [2.75, 3.05) is 63.0 Å². The molecular weight excluding hydrogens is 1190 g/mol. The summed E-state index contributed by atoms with van der Waals surface area (Å²) >= 11 is 6.44. The van der Waals surface area contributed by atoms with Crippen molar-refractivity contribution in [2.24, 2.45) is 23.7 Å². The average Bonchev–Trinajstić information content (AvgIpc) is 3.26. The van der Waals surface area contributed by atoms with E-state index in [1.807, 2.05) is 0 Å². The van der Waals surface area contributed by atoms with Crippen LogP contribution in [0.5, 0.6) is 0 Å². The number of carbonyl (C=O) groups is 5. The molecule has 4 saturated heterocycles. The lowest BCUT2D eigenvalue weighted by Gasteiger charge is -2.55. The summed E-state index contributed by atoms with van der Waals surface area (Å²) in [6.07, 6.45) is -2.68.